The van der Waals surface area contributed by atoms with Gasteiger partial charge in [0.05, 0.1) is 18.8 Å². The van der Waals surface area contributed by atoms with E-state index in [-0.39, 0.29) is 12.5 Å². The summed E-state index contributed by atoms with van der Waals surface area (Å²) in [5, 5.41) is 12.6. The molecule has 1 unspecified atom stereocenters. The lowest BCUT2D eigenvalue weighted by Crippen LogP contribution is -2.32. The number of hydrogen-bond donors (Lipinski definition) is 2. The van der Waals surface area contributed by atoms with Gasteiger partial charge in [0.2, 0.25) is 0 Å². The van der Waals surface area contributed by atoms with Crippen LogP contribution >= 0.6 is 0 Å². The van der Waals surface area contributed by atoms with Gasteiger partial charge in [0.15, 0.2) is 0 Å². The highest BCUT2D eigenvalue weighted by atomic mass is 16.5. The summed E-state index contributed by atoms with van der Waals surface area (Å²) in [5.41, 5.74) is 3.75. The molecule has 0 aliphatic carbocycles. The molecular formula is C23H22N2O3. The van der Waals surface area contributed by atoms with Gasteiger partial charge in [0.1, 0.15) is 11.4 Å². The van der Waals surface area contributed by atoms with Crippen molar-refractivity contribution in [2.24, 2.45) is 0 Å². The summed E-state index contributed by atoms with van der Waals surface area (Å²) in [7, 11) is 0. The molecule has 1 aliphatic heterocycles. The molecule has 0 spiro atoms. The summed E-state index contributed by atoms with van der Waals surface area (Å²) >= 11 is 0. The third-order valence-electron chi connectivity index (χ3n) is 5.06. The van der Waals surface area contributed by atoms with Crippen LogP contribution in [0.25, 0.3) is 11.1 Å². The number of ether oxygens (including phenoxy) is 1. The standard InChI is InChI=1S/C23H22N2O3/c1-23(2)19-12-16(8-9-17(19)18-10-11-24-13-21(18)28-23)22(27)25-20(14-26)15-6-4-3-5-7-15/h3-13,20,26H,14H2,1-2H3,(H,25,27). The average Bonchev–Trinajstić information content (AvgIpc) is 2.72. The van der Waals surface area contributed by atoms with Crippen molar-refractivity contribution in [3.8, 4) is 16.9 Å². The van der Waals surface area contributed by atoms with Crippen LogP contribution in [0, 0.1) is 0 Å². The van der Waals surface area contributed by atoms with E-state index in [0.717, 1.165) is 28.0 Å². The maximum Gasteiger partial charge on any atom is 0.251 e. The number of aromatic nitrogens is 1. The zero-order valence-corrected chi connectivity index (χ0v) is 15.8. The van der Waals surface area contributed by atoms with Crippen LogP contribution in [0.5, 0.6) is 5.75 Å². The van der Waals surface area contributed by atoms with E-state index in [1.165, 1.54) is 0 Å². The zero-order valence-electron chi connectivity index (χ0n) is 15.8. The Balaban J connectivity index is 1.66. The number of aliphatic hydroxyl groups is 1. The molecule has 1 aliphatic rings. The number of pyridine rings is 1. The number of carbonyl (C=O) groups excluding carboxylic acids is 1. The number of nitrogens with one attached hydrogen (secondary N) is 1. The minimum absolute atomic E-state index is 0.171. The molecule has 0 bridgehead atoms. The lowest BCUT2D eigenvalue weighted by molar-refractivity contribution is 0.0913. The van der Waals surface area contributed by atoms with Gasteiger partial charge in [-0.05, 0) is 43.2 Å². The molecule has 2 aromatic carbocycles. The van der Waals surface area contributed by atoms with Gasteiger partial charge in [-0.3, -0.25) is 9.78 Å². The minimum Gasteiger partial charge on any atom is -0.481 e. The Hall–Kier alpha value is -3.18. The van der Waals surface area contributed by atoms with Gasteiger partial charge < -0.3 is 15.2 Å². The smallest absolute Gasteiger partial charge is 0.251 e. The second-order valence-electron chi connectivity index (χ2n) is 7.36. The fourth-order valence-corrected chi connectivity index (χ4v) is 3.59. The van der Waals surface area contributed by atoms with Crippen LogP contribution in [-0.4, -0.2) is 22.6 Å². The first-order chi connectivity index (χ1) is 13.5. The summed E-state index contributed by atoms with van der Waals surface area (Å²) < 4.78 is 6.12. The predicted octanol–water partition coefficient (Wildman–Crippen LogP) is 3.84. The molecule has 0 fully saturated rings. The van der Waals surface area contributed by atoms with Crippen LogP contribution in [0.2, 0.25) is 0 Å². The van der Waals surface area contributed by atoms with Crippen molar-refractivity contribution in [2.45, 2.75) is 25.5 Å². The molecule has 142 valence electrons. The molecule has 28 heavy (non-hydrogen) atoms. The van der Waals surface area contributed by atoms with Crippen LogP contribution in [0.15, 0.2) is 67.0 Å². The fraction of sp³-hybridized carbons (Fsp3) is 0.217. The van der Waals surface area contributed by atoms with Crippen LogP contribution in [-0.2, 0) is 5.60 Å². The summed E-state index contributed by atoms with van der Waals surface area (Å²) in [4.78, 5) is 17.0. The largest absolute Gasteiger partial charge is 0.481 e. The van der Waals surface area contributed by atoms with Gasteiger partial charge in [-0.2, -0.15) is 0 Å². The number of hydrogen-bond acceptors (Lipinski definition) is 4. The molecule has 0 radical (unpaired) electrons. The van der Waals surface area contributed by atoms with E-state index in [2.05, 4.69) is 10.3 Å². The van der Waals surface area contributed by atoms with Gasteiger partial charge in [-0.15, -0.1) is 0 Å². The molecule has 5 heteroatoms. The first-order valence-electron chi connectivity index (χ1n) is 9.24. The summed E-state index contributed by atoms with van der Waals surface area (Å²) in [6.07, 6.45) is 3.45. The van der Waals surface area contributed by atoms with Crippen LogP contribution < -0.4 is 10.1 Å². The highest BCUT2D eigenvalue weighted by Crippen LogP contribution is 2.44. The molecule has 2 heterocycles. The van der Waals surface area contributed by atoms with Crippen molar-refractivity contribution in [1.29, 1.82) is 0 Å². The lowest BCUT2D eigenvalue weighted by atomic mass is 9.85. The van der Waals surface area contributed by atoms with E-state index in [9.17, 15) is 9.90 Å². The highest BCUT2D eigenvalue weighted by Gasteiger charge is 2.33. The fourth-order valence-electron chi connectivity index (χ4n) is 3.59. The summed E-state index contributed by atoms with van der Waals surface area (Å²) in [6, 6.07) is 16.5. The monoisotopic (exact) mass is 374 g/mol. The molecule has 1 aromatic heterocycles. The van der Waals surface area contributed by atoms with Crippen molar-refractivity contribution < 1.29 is 14.6 Å². The third kappa shape index (κ3) is 3.25. The SMILES string of the molecule is CC1(C)Oc2cnccc2-c2ccc(C(=O)NC(CO)c3ccccc3)cc21. The Morgan fingerprint density at radius 3 is 2.68 bits per heavy atom. The number of carbonyl (C=O) groups is 1. The molecule has 4 rings (SSSR count). The van der Waals surface area contributed by atoms with E-state index >= 15 is 0 Å². The number of fused-ring (bicyclic) bond motifs is 3. The van der Waals surface area contributed by atoms with Gasteiger partial charge >= 0.3 is 0 Å². The van der Waals surface area contributed by atoms with Crippen LogP contribution in [0.3, 0.4) is 0 Å². The first-order valence-corrected chi connectivity index (χ1v) is 9.24. The van der Waals surface area contributed by atoms with E-state index in [1.807, 2.05) is 62.4 Å². The normalized spacial score (nSPS) is 15.0. The Morgan fingerprint density at radius 1 is 1.14 bits per heavy atom. The average molecular weight is 374 g/mol. The van der Waals surface area contributed by atoms with Gasteiger partial charge in [0, 0.05) is 22.9 Å². The second kappa shape index (κ2) is 7.09. The van der Waals surface area contributed by atoms with E-state index in [0.29, 0.717) is 5.56 Å². The third-order valence-corrected chi connectivity index (χ3v) is 5.06. The van der Waals surface area contributed by atoms with Crippen LogP contribution in [0.4, 0.5) is 0 Å². The molecule has 0 saturated heterocycles. The summed E-state index contributed by atoms with van der Waals surface area (Å²) in [6.45, 7) is 3.78. The predicted molar refractivity (Wildman–Crippen MR) is 107 cm³/mol. The maximum atomic E-state index is 12.9. The van der Waals surface area contributed by atoms with E-state index in [1.54, 1.807) is 18.5 Å². The molecule has 1 amide bonds. The Kier molecular flexibility index (Phi) is 4.61. The molecule has 2 N–H and O–H groups in total. The van der Waals surface area contributed by atoms with Crippen molar-refractivity contribution >= 4 is 5.91 Å². The number of aliphatic hydroxyl groups excluding tert-OH is 1. The molecule has 0 saturated carbocycles. The zero-order chi connectivity index (χ0) is 19.7. The first kappa shape index (κ1) is 18.2. The highest BCUT2D eigenvalue weighted by molar-refractivity contribution is 5.96. The van der Waals surface area contributed by atoms with Crippen molar-refractivity contribution in [2.75, 3.05) is 6.61 Å². The van der Waals surface area contributed by atoms with Gasteiger partial charge in [0.25, 0.3) is 5.91 Å². The quantitative estimate of drug-likeness (QED) is 0.728. The molecule has 5 nitrogen and oxygen atoms in total. The van der Waals surface area contributed by atoms with Crippen LogP contribution in [0.1, 0.15) is 41.4 Å². The van der Waals surface area contributed by atoms with Gasteiger partial charge in [-0.1, -0.05) is 36.4 Å². The molecular weight excluding hydrogens is 352 g/mol. The minimum atomic E-state index is -0.586. The lowest BCUT2D eigenvalue weighted by Gasteiger charge is -2.35. The number of benzene rings is 2. The molecule has 3 aromatic rings. The Morgan fingerprint density at radius 2 is 1.93 bits per heavy atom. The Bertz CT molecular complexity index is 1020. The topological polar surface area (TPSA) is 71.5 Å². The Labute approximate surface area is 164 Å². The maximum absolute atomic E-state index is 12.9. The number of amides is 1. The van der Waals surface area contributed by atoms with E-state index in [4.69, 9.17) is 4.74 Å². The van der Waals surface area contributed by atoms with Crippen molar-refractivity contribution in [3.63, 3.8) is 0 Å². The number of rotatable bonds is 4. The van der Waals surface area contributed by atoms with E-state index < -0.39 is 11.6 Å². The van der Waals surface area contributed by atoms with Crippen molar-refractivity contribution in [1.82, 2.24) is 10.3 Å². The molecule has 1 atom stereocenters. The second-order valence-corrected chi connectivity index (χ2v) is 7.36. The van der Waals surface area contributed by atoms with Gasteiger partial charge in [-0.25, -0.2) is 0 Å². The number of nitrogens with zero attached hydrogens (tertiary/aromatic N) is 1. The van der Waals surface area contributed by atoms with Crippen molar-refractivity contribution in [3.05, 3.63) is 83.7 Å². The summed E-state index contributed by atoms with van der Waals surface area (Å²) in [5.74, 6) is 0.503.